The molecule has 3 aliphatic rings. The molecule has 0 aromatic rings. The number of aliphatic hydroxyl groups is 1. The van der Waals surface area contributed by atoms with Crippen molar-refractivity contribution < 1.29 is 18.6 Å². The van der Waals surface area contributed by atoms with Gasteiger partial charge < -0.3 is 9.84 Å². The third kappa shape index (κ3) is 5.90. The molecule has 3 saturated carbocycles. The van der Waals surface area contributed by atoms with Crippen molar-refractivity contribution in [3.63, 3.8) is 0 Å². The lowest BCUT2D eigenvalue weighted by Gasteiger charge is -2.42. The third-order valence-electron chi connectivity index (χ3n) is 8.12. The summed E-state index contributed by atoms with van der Waals surface area (Å²) in [5, 5.41) is 8.82. The van der Waals surface area contributed by atoms with Crippen molar-refractivity contribution in [2.75, 3.05) is 13.2 Å². The van der Waals surface area contributed by atoms with E-state index in [4.69, 9.17) is 9.84 Å². The molecule has 2 unspecified atom stereocenters. The lowest BCUT2D eigenvalue weighted by molar-refractivity contribution is -0.0926. The SMILES string of the molecule is CCCC1CCC(C2CCC(C3CC(F)C(OCCCO)C(F)C3)CC2)CC1. The number of rotatable bonds is 8. The second kappa shape index (κ2) is 11.2. The minimum absolute atomic E-state index is 0.00669. The van der Waals surface area contributed by atoms with E-state index in [-0.39, 0.29) is 19.1 Å². The Kier molecular flexibility index (Phi) is 9.02. The van der Waals surface area contributed by atoms with Crippen molar-refractivity contribution in [3.8, 4) is 0 Å². The molecule has 0 saturated heterocycles. The number of ether oxygens (including phenoxy) is 1. The van der Waals surface area contributed by atoms with Gasteiger partial charge in [0.25, 0.3) is 0 Å². The van der Waals surface area contributed by atoms with E-state index in [0.29, 0.717) is 25.2 Å². The third-order valence-corrected chi connectivity index (χ3v) is 8.12. The van der Waals surface area contributed by atoms with Gasteiger partial charge in [-0.3, -0.25) is 0 Å². The van der Waals surface area contributed by atoms with Crippen LogP contribution in [0.2, 0.25) is 0 Å². The zero-order valence-electron chi connectivity index (χ0n) is 17.8. The number of hydrogen-bond donors (Lipinski definition) is 1. The van der Waals surface area contributed by atoms with Crippen molar-refractivity contribution in [2.24, 2.45) is 29.6 Å². The Morgan fingerprint density at radius 1 is 0.786 bits per heavy atom. The zero-order chi connectivity index (χ0) is 19.9. The molecule has 2 nitrogen and oxygen atoms in total. The van der Waals surface area contributed by atoms with Gasteiger partial charge in [-0.2, -0.15) is 0 Å². The second-order valence-electron chi connectivity index (χ2n) is 9.92. The molecule has 4 heteroatoms. The van der Waals surface area contributed by atoms with Crippen molar-refractivity contribution in [1.29, 1.82) is 0 Å². The van der Waals surface area contributed by atoms with E-state index in [2.05, 4.69) is 6.92 Å². The molecule has 0 aromatic carbocycles. The molecule has 0 radical (unpaired) electrons. The van der Waals surface area contributed by atoms with Crippen LogP contribution >= 0.6 is 0 Å². The quantitative estimate of drug-likeness (QED) is 0.488. The molecular formula is C24H42F2O2. The fraction of sp³-hybridized carbons (Fsp3) is 1.00. The number of halogens is 2. The van der Waals surface area contributed by atoms with Crippen molar-refractivity contribution in [3.05, 3.63) is 0 Å². The zero-order valence-corrected chi connectivity index (χ0v) is 17.8. The summed E-state index contributed by atoms with van der Waals surface area (Å²) in [5.74, 6) is 3.42. The minimum atomic E-state index is -1.20. The first-order valence-corrected chi connectivity index (χ1v) is 12.1. The average molecular weight is 401 g/mol. The molecule has 0 aromatic heterocycles. The fourth-order valence-corrected chi connectivity index (χ4v) is 6.49. The van der Waals surface area contributed by atoms with E-state index >= 15 is 0 Å². The van der Waals surface area contributed by atoms with Gasteiger partial charge in [0.05, 0.1) is 0 Å². The van der Waals surface area contributed by atoms with E-state index < -0.39 is 18.4 Å². The summed E-state index contributed by atoms with van der Waals surface area (Å²) in [6, 6.07) is 0. The van der Waals surface area contributed by atoms with Gasteiger partial charge in [-0.1, -0.05) is 32.6 Å². The highest BCUT2D eigenvalue weighted by atomic mass is 19.1. The topological polar surface area (TPSA) is 29.5 Å². The van der Waals surface area contributed by atoms with Crippen LogP contribution in [0.5, 0.6) is 0 Å². The predicted molar refractivity (Wildman–Crippen MR) is 110 cm³/mol. The minimum Gasteiger partial charge on any atom is -0.396 e. The van der Waals surface area contributed by atoms with Crippen LogP contribution in [0.15, 0.2) is 0 Å². The average Bonchev–Trinajstić information content (AvgIpc) is 2.71. The second-order valence-corrected chi connectivity index (χ2v) is 9.92. The summed E-state index contributed by atoms with van der Waals surface area (Å²) in [6.07, 6.45) is 11.3. The standard InChI is InChI=1S/C24H42F2O2/c1-2-4-17-5-7-18(8-6-17)19-9-11-20(12-10-19)21-15-22(25)24(23(26)16-21)28-14-3-13-27/h17-24,27H,2-16H2,1H3. The van der Waals surface area contributed by atoms with Crippen LogP contribution in [0.3, 0.4) is 0 Å². The summed E-state index contributed by atoms with van der Waals surface area (Å²) in [4.78, 5) is 0. The van der Waals surface area contributed by atoms with E-state index in [1.165, 1.54) is 64.2 Å². The summed E-state index contributed by atoms with van der Waals surface area (Å²) >= 11 is 0. The maximum atomic E-state index is 14.6. The van der Waals surface area contributed by atoms with Crippen LogP contribution in [0.1, 0.15) is 90.4 Å². The molecule has 0 spiro atoms. The Labute approximate surface area is 170 Å². The maximum absolute atomic E-state index is 14.6. The molecule has 2 atom stereocenters. The van der Waals surface area contributed by atoms with Crippen LogP contribution in [0.4, 0.5) is 8.78 Å². The van der Waals surface area contributed by atoms with E-state index in [9.17, 15) is 8.78 Å². The molecule has 0 heterocycles. The highest BCUT2D eigenvalue weighted by Crippen LogP contribution is 2.46. The van der Waals surface area contributed by atoms with Crippen LogP contribution in [-0.4, -0.2) is 36.8 Å². The smallest absolute Gasteiger partial charge is 0.129 e. The number of alkyl halides is 2. The van der Waals surface area contributed by atoms with Gasteiger partial charge >= 0.3 is 0 Å². The molecule has 164 valence electrons. The summed E-state index contributed by atoms with van der Waals surface area (Å²) in [7, 11) is 0. The highest BCUT2D eigenvalue weighted by molar-refractivity contribution is 4.92. The molecule has 3 aliphatic carbocycles. The Balaban J connectivity index is 1.40. The van der Waals surface area contributed by atoms with Gasteiger partial charge in [0.15, 0.2) is 0 Å². The van der Waals surface area contributed by atoms with Crippen LogP contribution in [-0.2, 0) is 4.74 Å². The van der Waals surface area contributed by atoms with Crippen LogP contribution in [0, 0.1) is 29.6 Å². The van der Waals surface area contributed by atoms with Gasteiger partial charge in [-0.05, 0) is 87.4 Å². The molecule has 1 N–H and O–H groups in total. The molecular weight excluding hydrogens is 358 g/mol. The van der Waals surface area contributed by atoms with E-state index in [1.54, 1.807) is 0 Å². The lowest BCUT2D eigenvalue weighted by atomic mass is 9.65. The van der Waals surface area contributed by atoms with Crippen molar-refractivity contribution in [2.45, 2.75) is 109 Å². The number of hydrogen-bond acceptors (Lipinski definition) is 2. The first-order chi connectivity index (χ1) is 13.6. The fourth-order valence-electron chi connectivity index (χ4n) is 6.49. The summed E-state index contributed by atoms with van der Waals surface area (Å²) < 4.78 is 34.5. The van der Waals surface area contributed by atoms with Gasteiger partial charge in [0, 0.05) is 13.2 Å². The maximum Gasteiger partial charge on any atom is 0.129 e. The van der Waals surface area contributed by atoms with Gasteiger partial charge in [0.1, 0.15) is 18.4 Å². The van der Waals surface area contributed by atoms with Gasteiger partial charge in [-0.15, -0.1) is 0 Å². The first-order valence-electron chi connectivity index (χ1n) is 12.1. The van der Waals surface area contributed by atoms with E-state index in [0.717, 1.165) is 17.8 Å². The van der Waals surface area contributed by atoms with Crippen molar-refractivity contribution >= 4 is 0 Å². The predicted octanol–water partition coefficient (Wildman–Crippen LogP) is 6.25. The summed E-state index contributed by atoms with van der Waals surface area (Å²) in [5.41, 5.74) is 0. The monoisotopic (exact) mass is 400 g/mol. The Morgan fingerprint density at radius 2 is 1.29 bits per heavy atom. The van der Waals surface area contributed by atoms with Crippen LogP contribution in [0.25, 0.3) is 0 Å². The van der Waals surface area contributed by atoms with Crippen LogP contribution < -0.4 is 0 Å². The Bertz CT molecular complexity index is 418. The summed E-state index contributed by atoms with van der Waals surface area (Å²) in [6.45, 7) is 2.55. The molecule has 0 aliphatic heterocycles. The molecule has 0 amide bonds. The lowest BCUT2D eigenvalue weighted by Crippen LogP contribution is -2.44. The molecule has 28 heavy (non-hydrogen) atoms. The van der Waals surface area contributed by atoms with Gasteiger partial charge in [0.2, 0.25) is 0 Å². The largest absolute Gasteiger partial charge is 0.396 e. The van der Waals surface area contributed by atoms with E-state index in [1.807, 2.05) is 0 Å². The number of aliphatic hydroxyl groups excluding tert-OH is 1. The highest BCUT2D eigenvalue weighted by Gasteiger charge is 2.43. The van der Waals surface area contributed by atoms with Crippen molar-refractivity contribution in [1.82, 2.24) is 0 Å². The normalized spacial score (nSPS) is 42.4. The Morgan fingerprint density at radius 3 is 1.79 bits per heavy atom. The molecule has 3 rings (SSSR count). The molecule has 3 fully saturated rings. The van der Waals surface area contributed by atoms with Gasteiger partial charge in [-0.25, -0.2) is 8.78 Å². The molecule has 0 bridgehead atoms. The Hall–Kier alpha value is -0.220. The first kappa shape index (κ1) is 22.5.